The van der Waals surface area contributed by atoms with E-state index in [-0.39, 0.29) is 18.1 Å². The van der Waals surface area contributed by atoms with Gasteiger partial charge in [0, 0.05) is 30.0 Å². The van der Waals surface area contributed by atoms with Crippen LogP contribution in [-0.4, -0.2) is 38.1 Å². The molecule has 0 unspecified atom stereocenters. The van der Waals surface area contributed by atoms with E-state index in [9.17, 15) is 18.4 Å². The van der Waals surface area contributed by atoms with Gasteiger partial charge in [0.15, 0.2) is 5.16 Å². The highest BCUT2D eigenvalue weighted by Gasteiger charge is 2.14. The van der Waals surface area contributed by atoms with E-state index < -0.39 is 11.7 Å². The summed E-state index contributed by atoms with van der Waals surface area (Å²) in [6, 6.07) is 6.20. The van der Waals surface area contributed by atoms with Crippen LogP contribution in [-0.2, 0) is 22.6 Å². The van der Waals surface area contributed by atoms with E-state index in [1.54, 1.807) is 12.1 Å². The third-order valence-corrected chi connectivity index (χ3v) is 5.09. The van der Waals surface area contributed by atoms with Crippen molar-refractivity contribution < 1.29 is 18.4 Å². The van der Waals surface area contributed by atoms with Crippen LogP contribution in [0, 0.1) is 0 Å². The number of amides is 2. The van der Waals surface area contributed by atoms with Gasteiger partial charge in [0.05, 0.1) is 5.75 Å². The summed E-state index contributed by atoms with van der Waals surface area (Å²) in [5.74, 6) is -2.38. The highest BCUT2D eigenvalue weighted by molar-refractivity contribution is 8.00. The molecule has 0 fully saturated rings. The van der Waals surface area contributed by atoms with Gasteiger partial charge in [-0.2, -0.15) is 8.78 Å². The number of nitrogens with one attached hydrogen (secondary N) is 1. The lowest BCUT2D eigenvalue weighted by Gasteiger charge is -2.08. The van der Waals surface area contributed by atoms with Gasteiger partial charge in [-0.1, -0.05) is 23.5 Å². The van der Waals surface area contributed by atoms with Gasteiger partial charge in [-0.3, -0.25) is 9.59 Å². The monoisotopic (exact) mass is 415 g/mol. The molecule has 0 aliphatic carbocycles. The first-order valence-corrected chi connectivity index (χ1v) is 9.93. The summed E-state index contributed by atoms with van der Waals surface area (Å²) in [6.07, 6.45) is 0.578. The predicted molar refractivity (Wildman–Crippen MR) is 101 cm³/mol. The molecule has 2 aromatic rings. The molecule has 0 aliphatic heterocycles. The van der Waals surface area contributed by atoms with Crippen molar-refractivity contribution in [2.45, 2.75) is 42.1 Å². The molecule has 1 heterocycles. The maximum absolute atomic E-state index is 12.3. The molecule has 1 aromatic carbocycles. The van der Waals surface area contributed by atoms with Crippen molar-refractivity contribution in [3.05, 3.63) is 30.1 Å². The van der Waals surface area contributed by atoms with E-state index in [1.165, 1.54) is 23.9 Å². The number of nitrogens with zero attached hydrogens (tertiary/aromatic N) is 3. The Hall–Kier alpha value is -2.14. The number of aryl methyl sites for hydroxylation is 1. The SMILES string of the molecule is CCn1c(CCC(N)=O)nnc1SCC(=O)Nc1ccc(SC(F)F)cc1. The van der Waals surface area contributed by atoms with Crippen molar-refractivity contribution in [3.8, 4) is 0 Å². The summed E-state index contributed by atoms with van der Waals surface area (Å²) in [5.41, 5.74) is 5.68. The molecule has 0 aliphatic rings. The molecule has 1 aromatic heterocycles. The zero-order valence-corrected chi connectivity index (χ0v) is 16.2. The zero-order valence-electron chi connectivity index (χ0n) is 14.5. The van der Waals surface area contributed by atoms with Crippen LogP contribution in [0.5, 0.6) is 0 Å². The molecule has 2 amide bonds. The Labute approximate surface area is 163 Å². The fourth-order valence-electron chi connectivity index (χ4n) is 2.21. The van der Waals surface area contributed by atoms with Crippen LogP contribution in [0.2, 0.25) is 0 Å². The maximum atomic E-state index is 12.3. The van der Waals surface area contributed by atoms with Crippen molar-refractivity contribution in [2.24, 2.45) is 5.73 Å². The third kappa shape index (κ3) is 6.83. The molecular formula is C16H19F2N5O2S2. The Morgan fingerprint density at radius 2 is 1.96 bits per heavy atom. The van der Waals surface area contributed by atoms with E-state index >= 15 is 0 Å². The number of alkyl halides is 2. The number of halogens is 2. The van der Waals surface area contributed by atoms with E-state index in [1.807, 2.05) is 11.5 Å². The van der Waals surface area contributed by atoms with Crippen molar-refractivity contribution in [1.29, 1.82) is 0 Å². The van der Waals surface area contributed by atoms with E-state index in [2.05, 4.69) is 15.5 Å². The normalized spacial score (nSPS) is 11.0. The van der Waals surface area contributed by atoms with E-state index in [4.69, 9.17) is 5.73 Å². The minimum absolute atomic E-state index is 0.113. The summed E-state index contributed by atoms with van der Waals surface area (Å²) < 4.78 is 26.4. The highest BCUT2D eigenvalue weighted by atomic mass is 32.2. The number of carbonyl (C=O) groups is 2. The fourth-order valence-corrected chi connectivity index (χ4v) is 3.53. The number of hydrogen-bond donors (Lipinski definition) is 2. The lowest BCUT2D eigenvalue weighted by atomic mass is 10.3. The second kappa shape index (κ2) is 10.3. The Balaban J connectivity index is 1.89. The van der Waals surface area contributed by atoms with Crippen LogP contribution in [0.25, 0.3) is 0 Å². The molecule has 146 valence electrons. The lowest BCUT2D eigenvalue weighted by molar-refractivity contribution is -0.118. The molecule has 3 N–H and O–H groups in total. The number of thioether (sulfide) groups is 2. The Morgan fingerprint density at radius 3 is 2.56 bits per heavy atom. The Morgan fingerprint density at radius 1 is 1.26 bits per heavy atom. The summed E-state index contributed by atoms with van der Waals surface area (Å²) >= 11 is 1.67. The zero-order chi connectivity index (χ0) is 19.8. The first-order chi connectivity index (χ1) is 12.9. The average Bonchev–Trinajstić information content (AvgIpc) is 3.01. The predicted octanol–water partition coefficient (Wildman–Crippen LogP) is 2.76. The van der Waals surface area contributed by atoms with Gasteiger partial charge in [-0.25, -0.2) is 0 Å². The highest BCUT2D eigenvalue weighted by Crippen LogP contribution is 2.26. The molecule has 0 radical (unpaired) electrons. The van der Waals surface area contributed by atoms with Crippen molar-refractivity contribution in [2.75, 3.05) is 11.1 Å². The van der Waals surface area contributed by atoms with Crippen LogP contribution in [0.15, 0.2) is 34.3 Å². The molecule has 27 heavy (non-hydrogen) atoms. The first-order valence-electron chi connectivity index (χ1n) is 8.07. The lowest BCUT2D eigenvalue weighted by Crippen LogP contribution is -2.15. The minimum Gasteiger partial charge on any atom is -0.370 e. The van der Waals surface area contributed by atoms with Gasteiger partial charge in [-0.05, 0) is 31.2 Å². The average molecular weight is 415 g/mol. The van der Waals surface area contributed by atoms with Gasteiger partial charge in [0.1, 0.15) is 5.82 Å². The number of anilines is 1. The summed E-state index contributed by atoms with van der Waals surface area (Å²) in [6.45, 7) is 2.52. The largest absolute Gasteiger partial charge is 0.370 e. The topological polar surface area (TPSA) is 103 Å². The molecule has 11 heteroatoms. The first kappa shape index (κ1) is 21.2. The quantitative estimate of drug-likeness (QED) is 0.579. The number of primary amides is 1. The number of carbonyl (C=O) groups excluding carboxylic acids is 2. The van der Waals surface area contributed by atoms with Crippen LogP contribution in [0.4, 0.5) is 14.5 Å². The van der Waals surface area contributed by atoms with Gasteiger partial charge in [0.25, 0.3) is 5.76 Å². The molecule has 0 atom stereocenters. The molecule has 2 rings (SSSR count). The Bertz CT molecular complexity index is 784. The van der Waals surface area contributed by atoms with Gasteiger partial charge in [0.2, 0.25) is 11.8 Å². The summed E-state index contributed by atoms with van der Waals surface area (Å²) in [4.78, 5) is 23.4. The van der Waals surface area contributed by atoms with Crippen LogP contribution < -0.4 is 11.1 Å². The standard InChI is InChI=1S/C16H19F2N5O2S2/c1-2-23-13(8-7-12(19)24)21-22-16(23)26-9-14(25)20-10-3-5-11(6-4-10)27-15(17)18/h3-6,15H,2,7-9H2,1H3,(H2,19,24)(H,20,25). The van der Waals surface area contributed by atoms with Crippen LogP contribution in [0.3, 0.4) is 0 Å². The number of rotatable bonds is 10. The third-order valence-electron chi connectivity index (χ3n) is 3.40. The molecular weight excluding hydrogens is 396 g/mol. The number of aromatic nitrogens is 3. The van der Waals surface area contributed by atoms with Crippen molar-refractivity contribution >= 4 is 41.0 Å². The fraction of sp³-hybridized carbons (Fsp3) is 0.375. The molecule has 0 spiro atoms. The van der Waals surface area contributed by atoms with Crippen molar-refractivity contribution in [3.63, 3.8) is 0 Å². The van der Waals surface area contributed by atoms with Gasteiger partial charge in [-0.15, -0.1) is 10.2 Å². The van der Waals surface area contributed by atoms with Crippen LogP contribution in [0.1, 0.15) is 19.2 Å². The molecule has 0 saturated heterocycles. The van der Waals surface area contributed by atoms with E-state index in [0.717, 1.165) is 0 Å². The maximum Gasteiger partial charge on any atom is 0.288 e. The molecule has 7 nitrogen and oxygen atoms in total. The smallest absolute Gasteiger partial charge is 0.288 e. The molecule has 0 saturated carbocycles. The minimum atomic E-state index is -2.48. The summed E-state index contributed by atoms with van der Waals surface area (Å²) in [5, 5.41) is 11.4. The number of hydrogen-bond acceptors (Lipinski definition) is 6. The van der Waals surface area contributed by atoms with E-state index in [0.29, 0.717) is 46.3 Å². The van der Waals surface area contributed by atoms with Crippen molar-refractivity contribution in [1.82, 2.24) is 14.8 Å². The Kier molecular flexibility index (Phi) is 8.04. The van der Waals surface area contributed by atoms with Crippen LogP contribution >= 0.6 is 23.5 Å². The second-order valence-electron chi connectivity index (χ2n) is 5.35. The van der Waals surface area contributed by atoms with Gasteiger partial charge >= 0.3 is 0 Å². The second-order valence-corrected chi connectivity index (χ2v) is 7.36. The number of benzene rings is 1. The number of nitrogens with two attached hydrogens (primary N) is 1. The summed E-state index contributed by atoms with van der Waals surface area (Å²) in [7, 11) is 0. The van der Waals surface area contributed by atoms with Gasteiger partial charge < -0.3 is 15.6 Å². The molecule has 0 bridgehead atoms.